The molecule has 2 amide bonds. The second-order valence-electron chi connectivity index (χ2n) is 10.6. The first kappa shape index (κ1) is 31.5. The van der Waals surface area contributed by atoms with E-state index in [2.05, 4.69) is 51.5 Å². The van der Waals surface area contributed by atoms with Crippen molar-refractivity contribution in [3.8, 4) is 5.75 Å². The van der Waals surface area contributed by atoms with E-state index in [1.54, 1.807) is 42.5 Å². The van der Waals surface area contributed by atoms with Gasteiger partial charge in [-0.2, -0.15) is 4.98 Å². The lowest BCUT2D eigenvalue weighted by atomic mass is 9.92. The van der Waals surface area contributed by atoms with Crippen LogP contribution < -0.4 is 20.7 Å². The first-order chi connectivity index (χ1) is 20.5. The molecule has 0 unspecified atom stereocenters. The van der Waals surface area contributed by atoms with E-state index in [-0.39, 0.29) is 34.4 Å². The topological polar surface area (TPSA) is 129 Å². The number of hydrogen-bond donors (Lipinski definition) is 3. The lowest BCUT2D eigenvalue weighted by Gasteiger charge is -2.33. The highest BCUT2D eigenvalue weighted by Gasteiger charge is 2.25. The Bertz CT molecular complexity index is 1500. The van der Waals surface area contributed by atoms with Gasteiger partial charge in [0.05, 0.1) is 29.2 Å². The van der Waals surface area contributed by atoms with E-state index in [0.717, 1.165) is 25.7 Å². The third kappa shape index (κ3) is 8.08. The first-order valence-corrected chi connectivity index (χ1v) is 14.3. The highest BCUT2D eigenvalue weighted by Crippen LogP contribution is 2.34. The summed E-state index contributed by atoms with van der Waals surface area (Å²) in [6.45, 7) is 3.55. The average Bonchev–Trinajstić information content (AvgIpc) is 2.99. The van der Waals surface area contributed by atoms with Crippen molar-refractivity contribution >= 4 is 58.0 Å². The molecule has 0 radical (unpaired) electrons. The zero-order valence-corrected chi connectivity index (χ0v) is 25.4. The molecular weight excluding hydrogens is 570 g/mol. The van der Waals surface area contributed by atoms with Crippen molar-refractivity contribution in [2.45, 2.75) is 37.8 Å². The summed E-state index contributed by atoms with van der Waals surface area (Å²) in [5, 5.41) is 9.20. The van der Waals surface area contributed by atoms with E-state index in [1.807, 2.05) is 0 Å². The van der Waals surface area contributed by atoms with E-state index < -0.39 is 11.7 Å². The number of hydrogen-bond acceptors (Lipinski definition) is 9. The molecule has 1 aliphatic rings. The fraction of sp³-hybridized carbons (Fsp3) is 0.323. The number of nitrogens with one attached hydrogen (secondary N) is 3. The molecule has 0 bridgehead atoms. The van der Waals surface area contributed by atoms with Crippen LogP contribution in [0.4, 0.5) is 28.8 Å². The van der Waals surface area contributed by atoms with Gasteiger partial charge >= 0.3 is 0 Å². The van der Waals surface area contributed by atoms with Gasteiger partial charge in [0.15, 0.2) is 5.82 Å². The molecule has 0 spiro atoms. The average molecular weight is 606 g/mol. The van der Waals surface area contributed by atoms with Crippen molar-refractivity contribution < 1.29 is 19.1 Å². The minimum absolute atomic E-state index is 0.0467. The summed E-state index contributed by atoms with van der Waals surface area (Å²) in [6.07, 6.45) is 6.58. The Balaban J connectivity index is 1.54. The van der Waals surface area contributed by atoms with E-state index in [4.69, 9.17) is 16.3 Å². The third-order valence-corrected chi connectivity index (χ3v) is 7.39. The molecule has 3 N–H and O–H groups in total. The summed E-state index contributed by atoms with van der Waals surface area (Å²) in [7, 11) is 7.22. The molecule has 2 aromatic carbocycles. The predicted molar refractivity (Wildman–Crippen MR) is 169 cm³/mol. The number of ketones is 1. The van der Waals surface area contributed by atoms with Crippen LogP contribution in [0.15, 0.2) is 61.3 Å². The van der Waals surface area contributed by atoms with Crippen LogP contribution in [0.3, 0.4) is 0 Å². The predicted octanol–water partition coefficient (Wildman–Crippen LogP) is 5.26. The maximum absolute atomic E-state index is 12.8. The summed E-state index contributed by atoms with van der Waals surface area (Å²) < 4.78 is 6.32. The van der Waals surface area contributed by atoms with E-state index in [0.29, 0.717) is 28.9 Å². The van der Waals surface area contributed by atoms with E-state index in [1.165, 1.54) is 31.3 Å². The van der Waals surface area contributed by atoms with E-state index >= 15 is 0 Å². The van der Waals surface area contributed by atoms with Crippen molar-refractivity contribution in [3.63, 3.8) is 0 Å². The van der Waals surface area contributed by atoms with Crippen molar-refractivity contribution in [3.05, 3.63) is 71.9 Å². The molecule has 11 nitrogen and oxygen atoms in total. The number of Topliss-reactive ketones (excluding diaryl/α,β-unsaturated/α-hetero) is 1. The number of ether oxygens (including phenoxy) is 1. The van der Waals surface area contributed by atoms with Gasteiger partial charge < -0.3 is 30.5 Å². The molecule has 3 aromatic rings. The molecule has 0 atom stereocenters. The Kier molecular flexibility index (Phi) is 10.3. The number of likely N-dealkylation sites (N-methyl/N-ethyl adjacent to an activating group) is 1. The number of para-hydroxylation sites is 1. The van der Waals surface area contributed by atoms with Crippen LogP contribution >= 0.6 is 11.6 Å². The van der Waals surface area contributed by atoms with Gasteiger partial charge in [0.2, 0.25) is 11.9 Å². The number of carbonyl (C=O) groups excluding carboxylic acids is 3. The number of amides is 2. The molecule has 4 rings (SSSR count). The SMILES string of the molecule is C=CC(=O)Nc1cc(Nc2ncc(Cl)c(Nc3ccccc3C(=O)C(=O)N(C)C)n2)ccc1OC1CCC(N(C)C)CC1. The van der Waals surface area contributed by atoms with Gasteiger partial charge in [-0.05, 0) is 76.2 Å². The summed E-state index contributed by atoms with van der Waals surface area (Å²) in [6, 6.07) is 12.5. The van der Waals surface area contributed by atoms with Gasteiger partial charge in [0.25, 0.3) is 11.7 Å². The number of benzene rings is 2. The third-order valence-electron chi connectivity index (χ3n) is 7.12. The minimum Gasteiger partial charge on any atom is -0.488 e. The Labute approximate surface area is 256 Å². The molecule has 1 heterocycles. The second kappa shape index (κ2) is 14.1. The van der Waals surface area contributed by atoms with Gasteiger partial charge in [-0.1, -0.05) is 30.3 Å². The molecular formula is C31H36ClN7O4. The lowest BCUT2D eigenvalue weighted by molar-refractivity contribution is -0.124. The molecule has 1 fully saturated rings. The normalized spacial score (nSPS) is 16.2. The number of nitrogens with zero attached hydrogens (tertiary/aromatic N) is 4. The number of rotatable bonds is 11. The zero-order chi connectivity index (χ0) is 31.1. The molecule has 1 aliphatic carbocycles. The second-order valence-corrected chi connectivity index (χ2v) is 11.0. The van der Waals surface area contributed by atoms with Gasteiger partial charge in [-0.3, -0.25) is 14.4 Å². The fourth-order valence-electron chi connectivity index (χ4n) is 4.73. The number of carbonyl (C=O) groups is 3. The highest BCUT2D eigenvalue weighted by atomic mass is 35.5. The summed E-state index contributed by atoms with van der Waals surface area (Å²) >= 11 is 6.38. The number of anilines is 5. The van der Waals surface area contributed by atoms with E-state index in [9.17, 15) is 14.4 Å². The molecule has 0 saturated heterocycles. The smallest absolute Gasteiger partial charge is 0.294 e. The van der Waals surface area contributed by atoms with Crippen molar-refractivity contribution in [2.75, 3.05) is 44.1 Å². The Morgan fingerprint density at radius 3 is 2.40 bits per heavy atom. The summed E-state index contributed by atoms with van der Waals surface area (Å²) in [5.74, 6) is -0.699. The number of halogens is 1. The van der Waals surface area contributed by atoms with Crippen LogP contribution in [-0.2, 0) is 9.59 Å². The lowest BCUT2D eigenvalue weighted by Crippen LogP contribution is -2.35. The monoisotopic (exact) mass is 605 g/mol. The maximum atomic E-state index is 12.8. The quantitative estimate of drug-likeness (QED) is 0.152. The van der Waals surface area contributed by atoms with Crippen molar-refractivity contribution in [1.82, 2.24) is 19.8 Å². The largest absolute Gasteiger partial charge is 0.488 e. The van der Waals surface area contributed by atoms with Crippen molar-refractivity contribution in [1.29, 1.82) is 0 Å². The highest BCUT2D eigenvalue weighted by molar-refractivity contribution is 6.43. The van der Waals surface area contributed by atoms with Crippen molar-refractivity contribution in [2.24, 2.45) is 0 Å². The number of aromatic nitrogens is 2. The molecule has 12 heteroatoms. The fourth-order valence-corrected chi connectivity index (χ4v) is 4.87. The van der Waals surface area contributed by atoms with Crippen LogP contribution in [0.2, 0.25) is 5.02 Å². The molecule has 0 aliphatic heterocycles. The summed E-state index contributed by atoms with van der Waals surface area (Å²) in [4.78, 5) is 49.5. The maximum Gasteiger partial charge on any atom is 0.294 e. The van der Waals surface area contributed by atoms with Crippen LogP contribution in [0, 0.1) is 0 Å². The summed E-state index contributed by atoms with van der Waals surface area (Å²) in [5.41, 5.74) is 1.61. The van der Waals surface area contributed by atoms with Gasteiger partial charge in [-0.25, -0.2) is 4.98 Å². The Morgan fingerprint density at radius 2 is 1.72 bits per heavy atom. The van der Waals surface area contributed by atoms with Crippen LogP contribution in [0.5, 0.6) is 5.75 Å². The van der Waals surface area contributed by atoms with Gasteiger partial charge in [0.1, 0.15) is 10.8 Å². The first-order valence-electron chi connectivity index (χ1n) is 13.9. The van der Waals surface area contributed by atoms with Crippen LogP contribution in [-0.4, -0.2) is 77.7 Å². The molecule has 226 valence electrons. The minimum atomic E-state index is -0.668. The zero-order valence-electron chi connectivity index (χ0n) is 24.7. The van der Waals surface area contributed by atoms with Crippen LogP contribution in [0.1, 0.15) is 36.0 Å². The molecule has 1 aromatic heterocycles. The molecule has 1 saturated carbocycles. The van der Waals surface area contributed by atoms with Gasteiger partial charge in [-0.15, -0.1) is 0 Å². The Hall–Kier alpha value is -4.48. The molecule has 43 heavy (non-hydrogen) atoms. The van der Waals surface area contributed by atoms with Gasteiger partial charge in [0, 0.05) is 25.8 Å². The van der Waals surface area contributed by atoms with Crippen LogP contribution in [0.25, 0.3) is 0 Å². The standard InChI is InChI=1S/C31H36ClN7O4/c1-6-27(40)35-25-17-19(11-16-26(25)43-21-14-12-20(13-15-21)38(2)3)34-31-33-18-23(32)29(37-31)36-24-10-8-7-9-22(24)28(41)30(42)39(4)5/h6-11,16-18,20-21H,1,12-15H2,2-5H3,(H,35,40)(H2,33,34,36,37). The Morgan fingerprint density at radius 1 is 1.00 bits per heavy atom.